The van der Waals surface area contributed by atoms with E-state index in [0.717, 1.165) is 0 Å². The van der Waals surface area contributed by atoms with Crippen molar-refractivity contribution in [2.75, 3.05) is 0 Å². The van der Waals surface area contributed by atoms with Gasteiger partial charge in [0, 0.05) is 4.83 Å². The van der Waals surface area contributed by atoms with Crippen molar-refractivity contribution < 1.29 is 0 Å². The molecule has 0 spiro atoms. The molecule has 1 aromatic rings. The Bertz CT molecular complexity index is 270. The van der Waals surface area contributed by atoms with Gasteiger partial charge >= 0.3 is 0 Å². The molecule has 1 aromatic carbocycles. The van der Waals surface area contributed by atoms with Gasteiger partial charge in [0.25, 0.3) is 0 Å². The summed E-state index contributed by atoms with van der Waals surface area (Å²) in [6.07, 6.45) is 2.49. The van der Waals surface area contributed by atoms with E-state index in [1.54, 1.807) is 0 Å². The van der Waals surface area contributed by atoms with Crippen LogP contribution in [0, 0.1) is 0 Å². The maximum absolute atomic E-state index is 3.79. The maximum atomic E-state index is 3.79. The topological polar surface area (TPSA) is 0 Å². The van der Waals surface area contributed by atoms with Gasteiger partial charge < -0.3 is 0 Å². The SMILES string of the molecule is BrC1CCC1(Br)c1ccccc1. The van der Waals surface area contributed by atoms with Gasteiger partial charge in [-0.3, -0.25) is 0 Å². The molecule has 0 amide bonds. The molecule has 0 aliphatic heterocycles. The average Bonchev–Trinajstić information content (AvgIpc) is 2.16. The number of benzene rings is 1. The molecule has 2 unspecified atom stereocenters. The summed E-state index contributed by atoms with van der Waals surface area (Å²) in [6, 6.07) is 10.6. The Morgan fingerprint density at radius 2 is 1.92 bits per heavy atom. The first kappa shape index (κ1) is 8.76. The molecule has 0 radical (unpaired) electrons. The van der Waals surface area contributed by atoms with E-state index in [9.17, 15) is 0 Å². The number of hydrogen-bond acceptors (Lipinski definition) is 0. The minimum atomic E-state index is 0.203. The van der Waals surface area contributed by atoms with Crippen LogP contribution in [0.2, 0.25) is 0 Å². The molecule has 0 saturated heterocycles. The molecule has 1 saturated carbocycles. The zero-order valence-electron chi connectivity index (χ0n) is 6.63. The van der Waals surface area contributed by atoms with Crippen molar-refractivity contribution in [1.82, 2.24) is 0 Å². The van der Waals surface area contributed by atoms with Crippen molar-refractivity contribution in [1.29, 1.82) is 0 Å². The molecule has 1 aliphatic rings. The third kappa shape index (κ3) is 1.25. The molecule has 1 aliphatic carbocycles. The fraction of sp³-hybridized carbons (Fsp3) is 0.400. The highest BCUT2D eigenvalue weighted by atomic mass is 79.9. The van der Waals surface area contributed by atoms with Crippen molar-refractivity contribution in [2.24, 2.45) is 0 Å². The van der Waals surface area contributed by atoms with E-state index in [1.807, 2.05) is 0 Å². The van der Waals surface area contributed by atoms with Gasteiger partial charge in [-0.1, -0.05) is 62.2 Å². The Morgan fingerprint density at radius 3 is 2.33 bits per heavy atom. The van der Waals surface area contributed by atoms with Gasteiger partial charge in [0.2, 0.25) is 0 Å². The Kier molecular flexibility index (Phi) is 2.30. The van der Waals surface area contributed by atoms with Crippen molar-refractivity contribution in [3.63, 3.8) is 0 Å². The molecule has 0 nitrogen and oxygen atoms in total. The number of alkyl halides is 2. The molecule has 0 N–H and O–H groups in total. The van der Waals surface area contributed by atoms with Crippen molar-refractivity contribution in [3.8, 4) is 0 Å². The molecule has 1 fully saturated rings. The first-order chi connectivity index (χ1) is 5.73. The smallest absolute Gasteiger partial charge is 0.0630 e. The predicted molar refractivity (Wildman–Crippen MR) is 59.0 cm³/mol. The van der Waals surface area contributed by atoms with E-state index < -0.39 is 0 Å². The second-order valence-electron chi connectivity index (χ2n) is 3.23. The van der Waals surface area contributed by atoms with E-state index >= 15 is 0 Å². The van der Waals surface area contributed by atoms with Gasteiger partial charge in [-0.05, 0) is 18.4 Å². The zero-order valence-corrected chi connectivity index (χ0v) is 9.81. The normalized spacial score (nSPS) is 34.3. The van der Waals surface area contributed by atoms with Crippen molar-refractivity contribution in [2.45, 2.75) is 22.0 Å². The fourth-order valence-corrected chi connectivity index (χ4v) is 2.99. The summed E-state index contributed by atoms with van der Waals surface area (Å²) >= 11 is 7.47. The second kappa shape index (κ2) is 3.15. The van der Waals surface area contributed by atoms with Crippen LogP contribution in [0.15, 0.2) is 30.3 Å². The summed E-state index contributed by atoms with van der Waals surface area (Å²) < 4.78 is 0.203. The first-order valence-corrected chi connectivity index (χ1v) is 5.83. The zero-order chi connectivity index (χ0) is 8.60. The maximum Gasteiger partial charge on any atom is 0.0630 e. The molecule has 64 valence electrons. The molecule has 2 heteroatoms. The van der Waals surface area contributed by atoms with Crippen LogP contribution >= 0.6 is 31.9 Å². The van der Waals surface area contributed by atoms with E-state index in [1.165, 1.54) is 18.4 Å². The summed E-state index contributed by atoms with van der Waals surface area (Å²) in [5.41, 5.74) is 1.39. The molecule has 2 rings (SSSR count). The van der Waals surface area contributed by atoms with Crippen LogP contribution < -0.4 is 0 Å². The van der Waals surface area contributed by atoms with Crippen molar-refractivity contribution >= 4 is 31.9 Å². The predicted octanol–water partition coefficient (Wildman–Crippen LogP) is 3.83. The highest BCUT2D eigenvalue weighted by Gasteiger charge is 2.44. The van der Waals surface area contributed by atoms with Gasteiger partial charge in [0.05, 0.1) is 4.32 Å². The Morgan fingerprint density at radius 1 is 1.25 bits per heavy atom. The quantitative estimate of drug-likeness (QED) is 0.689. The molecule has 0 aromatic heterocycles. The highest BCUT2D eigenvalue weighted by Crippen LogP contribution is 2.52. The van der Waals surface area contributed by atoms with Gasteiger partial charge in [-0.2, -0.15) is 0 Å². The standard InChI is InChI=1S/C10H10Br2/c11-9-6-7-10(9,12)8-4-2-1-3-5-8/h1-5,9H,6-7H2. The Labute approximate surface area is 89.6 Å². The molecule has 12 heavy (non-hydrogen) atoms. The monoisotopic (exact) mass is 288 g/mol. The lowest BCUT2D eigenvalue weighted by molar-refractivity contribution is 0.407. The van der Waals surface area contributed by atoms with E-state index in [4.69, 9.17) is 0 Å². The third-order valence-corrected chi connectivity index (χ3v) is 5.77. The van der Waals surface area contributed by atoms with E-state index in [2.05, 4.69) is 62.2 Å². The van der Waals surface area contributed by atoms with Crippen LogP contribution in [0.4, 0.5) is 0 Å². The number of rotatable bonds is 1. The van der Waals surface area contributed by atoms with E-state index in [-0.39, 0.29) is 4.32 Å². The van der Waals surface area contributed by atoms with Crippen LogP contribution in [0.25, 0.3) is 0 Å². The summed E-state index contributed by atoms with van der Waals surface area (Å²) in [6.45, 7) is 0. The molecule has 2 atom stereocenters. The molecule has 0 heterocycles. The van der Waals surface area contributed by atoms with Crippen LogP contribution in [0.5, 0.6) is 0 Å². The summed E-state index contributed by atoms with van der Waals surface area (Å²) in [7, 11) is 0. The number of halogens is 2. The van der Waals surface area contributed by atoms with Gasteiger partial charge in [-0.25, -0.2) is 0 Å². The first-order valence-electron chi connectivity index (χ1n) is 4.12. The summed E-state index contributed by atoms with van der Waals surface area (Å²) in [5, 5.41) is 0. The van der Waals surface area contributed by atoms with Gasteiger partial charge in [0.15, 0.2) is 0 Å². The Balaban J connectivity index is 2.31. The van der Waals surface area contributed by atoms with Gasteiger partial charge in [-0.15, -0.1) is 0 Å². The summed E-state index contributed by atoms with van der Waals surface area (Å²) in [5.74, 6) is 0. The lowest BCUT2D eigenvalue weighted by atomic mass is 9.79. The van der Waals surface area contributed by atoms with Crippen LogP contribution in [0.1, 0.15) is 18.4 Å². The van der Waals surface area contributed by atoms with E-state index in [0.29, 0.717) is 4.83 Å². The number of hydrogen-bond donors (Lipinski definition) is 0. The second-order valence-corrected chi connectivity index (χ2v) is 5.76. The fourth-order valence-electron chi connectivity index (χ4n) is 1.55. The Hall–Kier alpha value is 0.180. The molecular formula is C10H10Br2. The largest absolute Gasteiger partial charge is 0.0872 e. The van der Waals surface area contributed by atoms with Gasteiger partial charge in [0.1, 0.15) is 0 Å². The average molecular weight is 290 g/mol. The summed E-state index contributed by atoms with van der Waals surface area (Å²) in [4.78, 5) is 0.590. The highest BCUT2D eigenvalue weighted by molar-refractivity contribution is 9.12. The molecule has 0 bridgehead atoms. The van der Waals surface area contributed by atoms with Crippen molar-refractivity contribution in [3.05, 3.63) is 35.9 Å². The van der Waals surface area contributed by atoms with Crippen LogP contribution in [-0.2, 0) is 4.32 Å². The lowest BCUT2D eigenvalue weighted by Gasteiger charge is -2.42. The van der Waals surface area contributed by atoms with Crippen LogP contribution in [-0.4, -0.2) is 4.83 Å². The third-order valence-electron chi connectivity index (χ3n) is 2.51. The molecular weight excluding hydrogens is 280 g/mol. The minimum absolute atomic E-state index is 0.203. The minimum Gasteiger partial charge on any atom is -0.0872 e. The lowest BCUT2D eigenvalue weighted by Crippen LogP contribution is -2.39. The van der Waals surface area contributed by atoms with Crippen LogP contribution in [0.3, 0.4) is 0 Å².